The first kappa shape index (κ1) is 55.5. The first-order valence-corrected chi connectivity index (χ1v) is 23.7. The van der Waals surface area contributed by atoms with Crippen molar-refractivity contribution in [3.63, 3.8) is 0 Å². The fraction of sp³-hybridized carbons (Fsp3) is 0.500. The molecule has 0 saturated heterocycles. The molecule has 5 rings (SSSR count). The van der Waals surface area contributed by atoms with E-state index in [0.717, 1.165) is 26.4 Å². The van der Waals surface area contributed by atoms with Crippen LogP contribution in [-0.2, 0) is 66.8 Å². The molecule has 0 aliphatic heterocycles. The fourth-order valence-electron chi connectivity index (χ4n) is 8.53. The van der Waals surface area contributed by atoms with Gasteiger partial charge >= 0.3 is 59.7 Å². The number of hydrogen-bond acceptors (Lipinski definition) is 20. The van der Waals surface area contributed by atoms with E-state index in [1.165, 1.54) is 36.4 Å². The molecular formula is C52H60O20. The Morgan fingerprint density at radius 1 is 0.458 bits per heavy atom. The van der Waals surface area contributed by atoms with Gasteiger partial charge < -0.3 is 47.4 Å². The average molecular weight is 1010 g/mol. The van der Waals surface area contributed by atoms with E-state index in [0.29, 0.717) is 51.4 Å². The highest BCUT2D eigenvalue weighted by Crippen LogP contribution is 2.36. The molecule has 72 heavy (non-hydrogen) atoms. The van der Waals surface area contributed by atoms with Gasteiger partial charge in [0, 0.05) is 12.2 Å². The second-order valence-corrected chi connectivity index (χ2v) is 17.8. The van der Waals surface area contributed by atoms with E-state index < -0.39 is 107 Å². The Morgan fingerprint density at radius 3 is 1.01 bits per heavy atom. The predicted octanol–water partition coefficient (Wildman–Crippen LogP) is 6.32. The number of hydrogen-bond donors (Lipinski definition) is 0. The SMILES string of the molecule is C=CC(=O)OC(C)COC(=O)C1CCC(C(=O)Oc2ccc(OC(=O)C3CCC(C(=O)Oc4ccc(OC(=O)C5CCC(C(=O)OCC(C)OC(=O)C=C)CC5)c(C(=O)OC)c4)CC3)cc2C(=O)OC)CC1. The van der Waals surface area contributed by atoms with Crippen LogP contribution >= 0.6 is 0 Å². The highest BCUT2D eigenvalue weighted by atomic mass is 16.6. The molecule has 388 valence electrons. The molecule has 0 spiro atoms. The summed E-state index contributed by atoms with van der Waals surface area (Å²) in [4.78, 5) is 127. The number of ether oxygens (including phenoxy) is 10. The van der Waals surface area contributed by atoms with Gasteiger partial charge in [-0.1, -0.05) is 13.2 Å². The van der Waals surface area contributed by atoms with Crippen LogP contribution in [0, 0.1) is 35.5 Å². The van der Waals surface area contributed by atoms with Crippen LogP contribution in [0.3, 0.4) is 0 Å². The van der Waals surface area contributed by atoms with Crippen LogP contribution in [0.25, 0.3) is 0 Å². The van der Waals surface area contributed by atoms with Gasteiger partial charge in [0.05, 0.1) is 49.7 Å². The lowest BCUT2D eigenvalue weighted by atomic mass is 9.82. The minimum atomic E-state index is -0.848. The normalized spacial score (nSPS) is 21.3. The lowest BCUT2D eigenvalue weighted by molar-refractivity contribution is -0.159. The van der Waals surface area contributed by atoms with Crippen molar-refractivity contribution in [1.82, 2.24) is 0 Å². The minimum Gasteiger partial charge on any atom is -0.465 e. The lowest BCUT2D eigenvalue weighted by Crippen LogP contribution is -2.31. The molecule has 2 atom stereocenters. The van der Waals surface area contributed by atoms with Crippen molar-refractivity contribution in [3.05, 3.63) is 72.8 Å². The number of benzene rings is 2. The van der Waals surface area contributed by atoms with Crippen LogP contribution < -0.4 is 18.9 Å². The maximum atomic E-state index is 13.3. The summed E-state index contributed by atoms with van der Waals surface area (Å²) in [5.74, 6) is -9.85. The van der Waals surface area contributed by atoms with Crippen LogP contribution in [0.4, 0.5) is 0 Å². The van der Waals surface area contributed by atoms with Gasteiger partial charge in [0.2, 0.25) is 0 Å². The monoisotopic (exact) mass is 1000 g/mol. The average Bonchev–Trinajstić information content (AvgIpc) is 3.39. The Morgan fingerprint density at radius 2 is 0.736 bits per heavy atom. The van der Waals surface area contributed by atoms with Crippen LogP contribution in [-0.4, -0.2) is 99.3 Å². The van der Waals surface area contributed by atoms with E-state index in [2.05, 4.69) is 13.2 Å². The Hall–Kier alpha value is -7.38. The summed E-state index contributed by atoms with van der Waals surface area (Å²) in [6.45, 7) is 9.56. The molecule has 20 heteroatoms. The second kappa shape index (κ2) is 26.7. The predicted molar refractivity (Wildman–Crippen MR) is 248 cm³/mol. The maximum Gasteiger partial charge on any atom is 0.341 e. The first-order valence-electron chi connectivity index (χ1n) is 23.7. The Bertz CT molecular complexity index is 2200. The zero-order valence-electron chi connectivity index (χ0n) is 40.7. The molecule has 0 N–H and O–H groups in total. The third-order valence-electron chi connectivity index (χ3n) is 12.6. The van der Waals surface area contributed by atoms with Crippen molar-refractivity contribution >= 4 is 59.7 Å². The second-order valence-electron chi connectivity index (χ2n) is 17.8. The summed E-state index contributed by atoms with van der Waals surface area (Å²) in [5, 5.41) is 0. The molecule has 0 amide bonds. The smallest absolute Gasteiger partial charge is 0.341 e. The largest absolute Gasteiger partial charge is 0.465 e. The van der Waals surface area contributed by atoms with Crippen molar-refractivity contribution < 1.29 is 95.3 Å². The van der Waals surface area contributed by atoms with E-state index in [1.54, 1.807) is 13.8 Å². The molecule has 0 bridgehead atoms. The molecular weight excluding hydrogens is 945 g/mol. The van der Waals surface area contributed by atoms with Crippen molar-refractivity contribution in [3.8, 4) is 23.0 Å². The van der Waals surface area contributed by atoms with Gasteiger partial charge in [0.1, 0.15) is 59.5 Å². The highest BCUT2D eigenvalue weighted by molar-refractivity contribution is 5.95. The number of carbonyl (C=O) groups excluding carboxylic acids is 10. The number of esters is 10. The first-order chi connectivity index (χ1) is 34.4. The van der Waals surface area contributed by atoms with Crippen molar-refractivity contribution in [2.45, 2.75) is 103 Å². The van der Waals surface area contributed by atoms with E-state index in [-0.39, 0.29) is 73.0 Å². The van der Waals surface area contributed by atoms with E-state index in [1.807, 2.05) is 0 Å². The molecule has 3 saturated carbocycles. The maximum absolute atomic E-state index is 13.3. The van der Waals surface area contributed by atoms with Crippen LogP contribution in [0.2, 0.25) is 0 Å². The standard InChI is InChI=1S/C52H60O20/c1-7-43(53)67-29(3)27-65-45(55)31-9-13-35(14-10-31)49(59)71-41-23-21-37(25-39(41)51(61)63-5)69-47(57)33-17-19-34(20-18-33)48(58)70-38-22-24-42(40(26-38)52(62)64-6)72-50(60)36-15-11-32(12-16-36)46(56)66-28-30(4)68-44(54)8-2/h7-8,21-26,29-36H,1-2,9-20,27-28H2,3-6H3. The van der Waals surface area contributed by atoms with Crippen LogP contribution in [0.1, 0.15) is 112 Å². The summed E-state index contributed by atoms with van der Waals surface area (Å²) >= 11 is 0. The summed E-state index contributed by atoms with van der Waals surface area (Å²) in [7, 11) is 2.28. The van der Waals surface area contributed by atoms with Crippen molar-refractivity contribution in [2.24, 2.45) is 35.5 Å². The van der Waals surface area contributed by atoms with Crippen LogP contribution in [0.15, 0.2) is 61.7 Å². The van der Waals surface area contributed by atoms with Crippen molar-refractivity contribution in [2.75, 3.05) is 27.4 Å². The highest BCUT2D eigenvalue weighted by Gasteiger charge is 2.36. The van der Waals surface area contributed by atoms with Crippen LogP contribution in [0.5, 0.6) is 23.0 Å². The summed E-state index contributed by atoms with van der Waals surface area (Å²) in [6.07, 6.45) is 4.44. The fourth-order valence-corrected chi connectivity index (χ4v) is 8.53. The Kier molecular flexibility index (Phi) is 20.6. The summed E-state index contributed by atoms with van der Waals surface area (Å²) < 4.78 is 52.9. The molecule has 3 aliphatic rings. The Balaban J connectivity index is 1.08. The topological polar surface area (TPSA) is 263 Å². The summed E-state index contributed by atoms with van der Waals surface area (Å²) in [6, 6.07) is 7.83. The summed E-state index contributed by atoms with van der Waals surface area (Å²) in [5.41, 5.74) is -0.323. The third-order valence-corrected chi connectivity index (χ3v) is 12.6. The molecule has 0 radical (unpaired) electrons. The van der Waals surface area contributed by atoms with Gasteiger partial charge in [-0.05, 0) is 127 Å². The lowest BCUT2D eigenvalue weighted by Gasteiger charge is -2.27. The molecule has 2 unspecified atom stereocenters. The molecule has 3 fully saturated rings. The van der Waals surface area contributed by atoms with Gasteiger partial charge in [-0.25, -0.2) is 19.2 Å². The van der Waals surface area contributed by atoms with Gasteiger partial charge in [0.25, 0.3) is 0 Å². The number of methoxy groups -OCH3 is 2. The van der Waals surface area contributed by atoms with Gasteiger partial charge in [-0.15, -0.1) is 0 Å². The number of rotatable bonds is 20. The van der Waals surface area contributed by atoms with Crippen molar-refractivity contribution in [1.29, 1.82) is 0 Å². The zero-order chi connectivity index (χ0) is 52.5. The molecule has 3 aliphatic carbocycles. The van der Waals surface area contributed by atoms with Gasteiger partial charge in [-0.3, -0.25) is 28.8 Å². The molecule has 0 aromatic heterocycles. The Labute approximate surface area is 415 Å². The minimum absolute atomic E-state index is 0.00693. The van der Waals surface area contributed by atoms with E-state index >= 15 is 0 Å². The molecule has 2 aromatic carbocycles. The third kappa shape index (κ3) is 15.8. The van der Waals surface area contributed by atoms with E-state index in [9.17, 15) is 47.9 Å². The zero-order valence-corrected chi connectivity index (χ0v) is 40.7. The van der Waals surface area contributed by atoms with Gasteiger partial charge in [0.15, 0.2) is 0 Å². The van der Waals surface area contributed by atoms with Gasteiger partial charge in [-0.2, -0.15) is 0 Å². The van der Waals surface area contributed by atoms with E-state index in [4.69, 9.17) is 47.4 Å². The molecule has 0 heterocycles. The number of carbonyl (C=O) groups is 10. The quantitative estimate of drug-likeness (QED) is 0.0607. The molecule has 20 nitrogen and oxygen atoms in total. The molecule has 2 aromatic rings.